The Hall–Kier alpha value is -0.860. The first-order valence-corrected chi connectivity index (χ1v) is 6.61. The van der Waals surface area contributed by atoms with E-state index in [4.69, 9.17) is 11.6 Å². The molecule has 16 heavy (non-hydrogen) atoms. The van der Waals surface area contributed by atoms with E-state index in [1.54, 1.807) is 11.3 Å². The number of benzene rings is 1. The number of rotatable bonds is 1. The summed E-state index contributed by atoms with van der Waals surface area (Å²) in [4.78, 5) is 5.42. The van der Waals surface area contributed by atoms with Gasteiger partial charge in [0.25, 0.3) is 0 Å². The third kappa shape index (κ3) is 2.83. The fraction of sp³-hybridized carbons (Fsp3) is 0.308. The summed E-state index contributed by atoms with van der Waals surface area (Å²) in [6.45, 7) is 8.02. The summed E-state index contributed by atoms with van der Waals surface area (Å²) in [5, 5.41) is 0.815. The fourth-order valence-corrected chi connectivity index (χ4v) is 2.30. The van der Waals surface area contributed by atoms with Crippen LogP contribution in [-0.2, 0) is 0 Å². The molecule has 1 heterocycles. The quantitative estimate of drug-likeness (QED) is 0.689. The van der Waals surface area contributed by atoms with Gasteiger partial charge < -0.3 is 0 Å². The molecule has 86 valence electrons. The maximum atomic E-state index is 6.07. The van der Waals surface area contributed by atoms with Crippen LogP contribution in [0.2, 0.25) is 5.02 Å². The number of aromatic nitrogens is 1. The molecule has 1 aromatic carbocycles. The predicted molar refractivity (Wildman–Crippen MR) is 73.4 cm³/mol. The predicted octanol–water partition coefficient (Wildman–Crippen LogP) is 5.11. The van der Waals surface area contributed by atoms with Crippen LogP contribution in [-0.4, -0.2) is 4.98 Å². The lowest BCUT2D eigenvalue weighted by Gasteiger charge is -2.02. The highest BCUT2D eigenvalue weighted by atomic mass is 35.5. The van der Waals surface area contributed by atoms with Crippen molar-refractivity contribution in [3.63, 3.8) is 0 Å². The van der Waals surface area contributed by atoms with E-state index in [0.29, 0.717) is 0 Å². The van der Waals surface area contributed by atoms with Gasteiger partial charge >= 0.3 is 0 Å². The zero-order valence-electron chi connectivity index (χ0n) is 10.0. The molecule has 2 rings (SSSR count). The summed E-state index contributed by atoms with van der Waals surface area (Å²) >= 11 is 7.71. The number of halogens is 1. The minimum atomic E-state index is 0.815. The third-order valence-corrected chi connectivity index (χ3v) is 3.56. The van der Waals surface area contributed by atoms with Crippen LogP contribution in [0.25, 0.3) is 10.4 Å². The molecule has 0 saturated carbocycles. The molecule has 0 bridgehead atoms. The molecule has 0 atom stereocenters. The molecule has 0 amide bonds. The lowest BCUT2D eigenvalue weighted by molar-refractivity contribution is 1.27. The van der Waals surface area contributed by atoms with Crippen LogP contribution in [0.4, 0.5) is 0 Å². The lowest BCUT2D eigenvalue weighted by atomic mass is 10.1. The van der Waals surface area contributed by atoms with Crippen molar-refractivity contribution in [3.05, 3.63) is 40.0 Å². The second-order valence-corrected chi connectivity index (χ2v) is 4.49. The molecule has 0 unspecified atom stereocenters. The summed E-state index contributed by atoms with van der Waals surface area (Å²) in [5.41, 5.74) is 5.19. The standard InChI is InChI=1S/C11H10ClNS.C2H6/c1-7-3-4-9(5-10(7)12)11-8(2)13-6-14-11;1-2/h3-6H,1-2H3;1-2H3. The van der Waals surface area contributed by atoms with Crippen molar-refractivity contribution in [2.75, 3.05) is 0 Å². The smallest absolute Gasteiger partial charge is 0.0801 e. The Morgan fingerprint density at radius 3 is 2.38 bits per heavy atom. The zero-order chi connectivity index (χ0) is 12.1. The summed E-state index contributed by atoms with van der Waals surface area (Å²) < 4.78 is 0. The number of hydrogen-bond donors (Lipinski definition) is 0. The van der Waals surface area contributed by atoms with E-state index in [1.165, 1.54) is 4.88 Å². The minimum absolute atomic E-state index is 0.815. The second kappa shape index (κ2) is 6.02. The van der Waals surface area contributed by atoms with Crippen molar-refractivity contribution in [3.8, 4) is 10.4 Å². The Labute approximate surface area is 106 Å². The van der Waals surface area contributed by atoms with E-state index in [1.807, 2.05) is 45.3 Å². The number of aryl methyl sites for hydroxylation is 2. The number of hydrogen-bond acceptors (Lipinski definition) is 2. The average molecular weight is 254 g/mol. The molecular formula is C13H16ClNS. The highest BCUT2D eigenvalue weighted by Crippen LogP contribution is 2.30. The number of thiazole rings is 1. The summed E-state index contributed by atoms with van der Waals surface area (Å²) in [6, 6.07) is 6.12. The van der Waals surface area contributed by atoms with Gasteiger partial charge in [0.05, 0.1) is 16.1 Å². The Morgan fingerprint density at radius 1 is 1.19 bits per heavy atom. The summed E-state index contributed by atoms with van der Waals surface area (Å²) in [7, 11) is 0. The molecule has 3 heteroatoms. The van der Waals surface area contributed by atoms with Gasteiger partial charge in [0.2, 0.25) is 0 Å². The van der Waals surface area contributed by atoms with Crippen LogP contribution < -0.4 is 0 Å². The first-order valence-electron chi connectivity index (χ1n) is 5.35. The first kappa shape index (κ1) is 13.2. The molecule has 0 spiro atoms. The van der Waals surface area contributed by atoms with Gasteiger partial charge in [-0.05, 0) is 31.0 Å². The van der Waals surface area contributed by atoms with Gasteiger partial charge in [-0.15, -0.1) is 11.3 Å². The van der Waals surface area contributed by atoms with Crippen LogP contribution in [0.3, 0.4) is 0 Å². The maximum absolute atomic E-state index is 6.07. The van der Waals surface area contributed by atoms with E-state index in [9.17, 15) is 0 Å². The molecule has 0 saturated heterocycles. The van der Waals surface area contributed by atoms with Crippen molar-refractivity contribution in [2.24, 2.45) is 0 Å². The molecular weight excluding hydrogens is 238 g/mol. The average Bonchev–Trinajstić information content (AvgIpc) is 2.72. The van der Waals surface area contributed by atoms with Gasteiger partial charge in [0.1, 0.15) is 0 Å². The van der Waals surface area contributed by atoms with Crippen molar-refractivity contribution in [1.29, 1.82) is 0 Å². The maximum Gasteiger partial charge on any atom is 0.0801 e. The van der Waals surface area contributed by atoms with E-state index in [0.717, 1.165) is 21.8 Å². The van der Waals surface area contributed by atoms with Gasteiger partial charge in [-0.25, -0.2) is 4.98 Å². The summed E-state index contributed by atoms with van der Waals surface area (Å²) in [5.74, 6) is 0. The molecule has 0 aliphatic rings. The van der Waals surface area contributed by atoms with E-state index in [-0.39, 0.29) is 0 Å². The van der Waals surface area contributed by atoms with Crippen LogP contribution in [0.1, 0.15) is 25.1 Å². The SMILES string of the molecule is CC.Cc1ccc(-c2scnc2C)cc1Cl. The molecule has 2 aromatic rings. The number of nitrogens with zero attached hydrogens (tertiary/aromatic N) is 1. The van der Waals surface area contributed by atoms with Crippen molar-refractivity contribution < 1.29 is 0 Å². The van der Waals surface area contributed by atoms with Crippen LogP contribution in [0.15, 0.2) is 23.7 Å². The minimum Gasteiger partial charge on any atom is -0.249 e. The monoisotopic (exact) mass is 253 g/mol. The van der Waals surface area contributed by atoms with Gasteiger partial charge in [0, 0.05) is 5.02 Å². The van der Waals surface area contributed by atoms with Crippen molar-refractivity contribution in [2.45, 2.75) is 27.7 Å². The molecule has 0 aliphatic heterocycles. The van der Waals surface area contributed by atoms with Gasteiger partial charge in [-0.1, -0.05) is 37.6 Å². The Morgan fingerprint density at radius 2 is 1.88 bits per heavy atom. The largest absolute Gasteiger partial charge is 0.249 e. The molecule has 0 N–H and O–H groups in total. The zero-order valence-corrected chi connectivity index (χ0v) is 11.6. The van der Waals surface area contributed by atoms with E-state index >= 15 is 0 Å². The van der Waals surface area contributed by atoms with Crippen LogP contribution in [0.5, 0.6) is 0 Å². The van der Waals surface area contributed by atoms with Gasteiger partial charge in [-0.2, -0.15) is 0 Å². The van der Waals surface area contributed by atoms with Gasteiger partial charge in [-0.3, -0.25) is 0 Å². The first-order chi connectivity index (χ1) is 7.68. The highest BCUT2D eigenvalue weighted by molar-refractivity contribution is 7.13. The van der Waals surface area contributed by atoms with E-state index < -0.39 is 0 Å². The topological polar surface area (TPSA) is 12.9 Å². The molecule has 1 aromatic heterocycles. The molecule has 1 nitrogen and oxygen atoms in total. The summed E-state index contributed by atoms with van der Waals surface area (Å²) in [6.07, 6.45) is 0. The molecule has 0 aliphatic carbocycles. The fourth-order valence-electron chi connectivity index (χ4n) is 1.31. The van der Waals surface area contributed by atoms with Crippen molar-refractivity contribution >= 4 is 22.9 Å². The normalized spacial score (nSPS) is 9.56. The third-order valence-electron chi connectivity index (χ3n) is 2.18. The Balaban J connectivity index is 0.000000606. The second-order valence-electron chi connectivity index (χ2n) is 3.23. The van der Waals surface area contributed by atoms with Crippen molar-refractivity contribution in [1.82, 2.24) is 4.98 Å². The Bertz CT molecular complexity index is 463. The lowest BCUT2D eigenvalue weighted by Crippen LogP contribution is -1.80. The Kier molecular flexibility index (Phi) is 4.97. The molecule has 0 fully saturated rings. The highest BCUT2D eigenvalue weighted by Gasteiger charge is 2.05. The van der Waals surface area contributed by atoms with Crippen LogP contribution in [0, 0.1) is 13.8 Å². The van der Waals surface area contributed by atoms with E-state index in [2.05, 4.69) is 11.1 Å². The van der Waals surface area contributed by atoms with Crippen LogP contribution >= 0.6 is 22.9 Å². The molecule has 0 radical (unpaired) electrons. The van der Waals surface area contributed by atoms with Gasteiger partial charge in [0.15, 0.2) is 0 Å².